The first-order valence-electron chi connectivity index (χ1n) is 10.1. The average molecular weight is 380 g/mol. The molecule has 2 aromatic rings. The van der Waals surface area contributed by atoms with Crippen LogP contribution in [-0.2, 0) is 11.2 Å². The first-order chi connectivity index (χ1) is 13.7. The van der Waals surface area contributed by atoms with Crippen molar-refractivity contribution in [3.8, 4) is 5.75 Å². The zero-order valence-electron chi connectivity index (χ0n) is 16.4. The number of aryl methyl sites for hydroxylation is 1. The molecule has 0 aromatic heterocycles. The van der Waals surface area contributed by atoms with Crippen LogP contribution in [0.4, 0.5) is 5.69 Å². The molecule has 0 atom stereocenters. The van der Waals surface area contributed by atoms with E-state index in [2.05, 4.69) is 17.6 Å². The molecule has 5 heteroatoms. The molecule has 1 fully saturated rings. The number of rotatable bonds is 7. The lowest BCUT2D eigenvalue weighted by Crippen LogP contribution is -2.38. The molecule has 2 N–H and O–H groups in total. The summed E-state index contributed by atoms with van der Waals surface area (Å²) in [5, 5.41) is 5.98. The van der Waals surface area contributed by atoms with Gasteiger partial charge in [0.25, 0.3) is 11.8 Å². The van der Waals surface area contributed by atoms with E-state index in [0.717, 1.165) is 30.5 Å². The Morgan fingerprint density at radius 2 is 1.71 bits per heavy atom. The van der Waals surface area contributed by atoms with Gasteiger partial charge in [-0.15, -0.1) is 0 Å². The summed E-state index contributed by atoms with van der Waals surface area (Å²) in [5.41, 5.74) is 2.47. The molecule has 0 saturated heterocycles. The Kier molecular flexibility index (Phi) is 7.06. The normalized spacial score (nSPS) is 14.3. The molecule has 5 nitrogen and oxygen atoms in total. The number of benzene rings is 2. The second-order valence-electron chi connectivity index (χ2n) is 7.18. The molecule has 1 aliphatic carbocycles. The summed E-state index contributed by atoms with van der Waals surface area (Å²) in [4.78, 5) is 24.5. The van der Waals surface area contributed by atoms with Gasteiger partial charge in [0.15, 0.2) is 6.61 Å². The Morgan fingerprint density at radius 1 is 1.00 bits per heavy atom. The van der Waals surface area contributed by atoms with Gasteiger partial charge < -0.3 is 15.4 Å². The highest BCUT2D eigenvalue weighted by Crippen LogP contribution is 2.19. The maximum absolute atomic E-state index is 12.5. The third-order valence-corrected chi connectivity index (χ3v) is 5.10. The molecule has 0 unspecified atom stereocenters. The van der Waals surface area contributed by atoms with Crippen molar-refractivity contribution in [2.45, 2.75) is 51.5 Å². The monoisotopic (exact) mass is 380 g/mol. The SMILES string of the molecule is CCc1ccccc1NC(=O)c1ccc(OCC(=O)NC2CCCCC2)cc1. The van der Waals surface area contributed by atoms with Crippen LogP contribution in [0.3, 0.4) is 0 Å². The molecule has 148 valence electrons. The van der Waals surface area contributed by atoms with Crippen molar-refractivity contribution >= 4 is 17.5 Å². The van der Waals surface area contributed by atoms with Crippen LogP contribution in [0.25, 0.3) is 0 Å². The van der Waals surface area contributed by atoms with Gasteiger partial charge in [0, 0.05) is 17.3 Å². The Hall–Kier alpha value is -2.82. The number of para-hydroxylation sites is 1. The van der Waals surface area contributed by atoms with Crippen molar-refractivity contribution in [2.75, 3.05) is 11.9 Å². The second kappa shape index (κ2) is 9.93. The van der Waals surface area contributed by atoms with Crippen molar-refractivity contribution in [1.29, 1.82) is 0 Å². The topological polar surface area (TPSA) is 67.4 Å². The highest BCUT2D eigenvalue weighted by Gasteiger charge is 2.16. The number of hydrogen-bond donors (Lipinski definition) is 2. The zero-order chi connectivity index (χ0) is 19.8. The van der Waals surface area contributed by atoms with Crippen molar-refractivity contribution in [1.82, 2.24) is 5.32 Å². The van der Waals surface area contributed by atoms with Crippen LogP contribution in [0.1, 0.15) is 54.9 Å². The molecule has 0 spiro atoms. The summed E-state index contributed by atoms with van der Waals surface area (Å²) in [7, 11) is 0. The number of ether oxygens (including phenoxy) is 1. The van der Waals surface area contributed by atoms with E-state index in [1.165, 1.54) is 19.3 Å². The Labute approximate surface area is 166 Å². The molecule has 1 saturated carbocycles. The van der Waals surface area contributed by atoms with E-state index in [-0.39, 0.29) is 24.5 Å². The van der Waals surface area contributed by atoms with Crippen molar-refractivity contribution in [3.63, 3.8) is 0 Å². The van der Waals surface area contributed by atoms with Crippen LogP contribution >= 0.6 is 0 Å². The second-order valence-corrected chi connectivity index (χ2v) is 7.18. The smallest absolute Gasteiger partial charge is 0.258 e. The molecular weight excluding hydrogens is 352 g/mol. The minimum absolute atomic E-state index is 0.00802. The predicted octanol–water partition coefficient (Wildman–Crippen LogP) is 4.33. The molecule has 0 radical (unpaired) electrons. The molecule has 1 aliphatic rings. The fourth-order valence-corrected chi connectivity index (χ4v) is 3.51. The lowest BCUT2D eigenvalue weighted by Gasteiger charge is -2.22. The number of anilines is 1. The summed E-state index contributed by atoms with van der Waals surface area (Å²) in [5.74, 6) is 0.316. The van der Waals surface area contributed by atoms with Gasteiger partial charge in [0.1, 0.15) is 5.75 Å². The van der Waals surface area contributed by atoms with Gasteiger partial charge in [0.2, 0.25) is 0 Å². The van der Waals surface area contributed by atoms with Gasteiger partial charge in [-0.05, 0) is 55.2 Å². The molecular formula is C23H28N2O3. The van der Waals surface area contributed by atoms with E-state index in [1.807, 2.05) is 24.3 Å². The van der Waals surface area contributed by atoms with Gasteiger partial charge in [-0.3, -0.25) is 9.59 Å². The third kappa shape index (κ3) is 5.59. The number of amides is 2. The largest absolute Gasteiger partial charge is 0.484 e. The van der Waals surface area contributed by atoms with E-state index in [4.69, 9.17) is 4.74 Å². The Balaban J connectivity index is 1.50. The zero-order valence-corrected chi connectivity index (χ0v) is 16.4. The molecule has 2 amide bonds. The van der Waals surface area contributed by atoms with E-state index in [1.54, 1.807) is 24.3 Å². The lowest BCUT2D eigenvalue weighted by atomic mass is 9.95. The first-order valence-corrected chi connectivity index (χ1v) is 10.1. The minimum Gasteiger partial charge on any atom is -0.484 e. The Morgan fingerprint density at radius 3 is 2.43 bits per heavy atom. The summed E-state index contributed by atoms with van der Waals surface area (Å²) in [6.45, 7) is 2.05. The highest BCUT2D eigenvalue weighted by molar-refractivity contribution is 6.04. The summed E-state index contributed by atoms with van der Waals surface area (Å²) in [6, 6.07) is 14.9. The predicted molar refractivity (Wildman–Crippen MR) is 111 cm³/mol. The number of carbonyl (C=O) groups excluding carboxylic acids is 2. The van der Waals surface area contributed by atoms with Gasteiger partial charge in [0.05, 0.1) is 0 Å². The number of nitrogens with one attached hydrogen (secondary N) is 2. The highest BCUT2D eigenvalue weighted by atomic mass is 16.5. The van der Waals surface area contributed by atoms with Crippen LogP contribution in [-0.4, -0.2) is 24.5 Å². The maximum Gasteiger partial charge on any atom is 0.258 e. The van der Waals surface area contributed by atoms with Crippen LogP contribution < -0.4 is 15.4 Å². The van der Waals surface area contributed by atoms with Crippen LogP contribution in [0, 0.1) is 0 Å². The van der Waals surface area contributed by atoms with E-state index >= 15 is 0 Å². The van der Waals surface area contributed by atoms with Gasteiger partial charge >= 0.3 is 0 Å². The van der Waals surface area contributed by atoms with Crippen molar-refractivity contribution < 1.29 is 14.3 Å². The molecule has 3 rings (SSSR count). The standard InChI is InChI=1S/C23H28N2O3/c1-2-17-8-6-7-11-21(17)25-23(27)18-12-14-20(15-13-18)28-16-22(26)24-19-9-4-3-5-10-19/h6-8,11-15,19H,2-5,9-10,16H2,1H3,(H,24,26)(H,25,27). The Bertz CT molecular complexity index is 796. The molecule has 0 heterocycles. The first kappa shape index (κ1) is 19.9. The minimum atomic E-state index is -0.164. The van der Waals surface area contributed by atoms with Gasteiger partial charge in [-0.1, -0.05) is 44.4 Å². The molecule has 0 aliphatic heterocycles. The molecule has 2 aromatic carbocycles. The maximum atomic E-state index is 12.5. The molecule has 28 heavy (non-hydrogen) atoms. The average Bonchev–Trinajstić information content (AvgIpc) is 2.73. The summed E-state index contributed by atoms with van der Waals surface area (Å²) >= 11 is 0. The number of hydrogen-bond acceptors (Lipinski definition) is 3. The van der Waals surface area contributed by atoms with Crippen LogP contribution in [0.5, 0.6) is 5.75 Å². The van der Waals surface area contributed by atoms with Crippen LogP contribution in [0.15, 0.2) is 48.5 Å². The van der Waals surface area contributed by atoms with Crippen LogP contribution in [0.2, 0.25) is 0 Å². The van der Waals surface area contributed by atoms with Crippen molar-refractivity contribution in [3.05, 3.63) is 59.7 Å². The molecule has 0 bridgehead atoms. The van der Waals surface area contributed by atoms with E-state index in [0.29, 0.717) is 11.3 Å². The van der Waals surface area contributed by atoms with Crippen molar-refractivity contribution in [2.24, 2.45) is 0 Å². The van der Waals surface area contributed by atoms with E-state index < -0.39 is 0 Å². The fraction of sp³-hybridized carbons (Fsp3) is 0.391. The summed E-state index contributed by atoms with van der Waals surface area (Å²) in [6.07, 6.45) is 6.57. The van der Waals surface area contributed by atoms with Gasteiger partial charge in [-0.2, -0.15) is 0 Å². The van der Waals surface area contributed by atoms with E-state index in [9.17, 15) is 9.59 Å². The van der Waals surface area contributed by atoms with Gasteiger partial charge in [-0.25, -0.2) is 0 Å². The fourth-order valence-electron chi connectivity index (χ4n) is 3.51. The number of carbonyl (C=O) groups is 2. The lowest BCUT2D eigenvalue weighted by molar-refractivity contribution is -0.124. The summed E-state index contributed by atoms with van der Waals surface area (Å²) < 4.78 is 5.56. The quantitative estimate of drug-likeness (QED) is 0.751. The third-order valence-electron chi connectivity index (χ3n) is 5.10.